The Morgan fingerprint density at radius 2 is 2.26 bits per heavy atom. The second-order valence-electron chi connectivity index (χ2n) is 5.48. The van der Waals surface area contributed by atoms with Gasteiger partial charge < -0.3 is 5.32 Å². The molecule has 0 spiro atoms. The standard InChI is InChI=1S/C16H22N2S/c1-12-4-3-5-15(8-12)19-16-7-6-13(11-18-2)9-14(16)10-17/h6-7,9,12,15,18H,3-5,8,11H2,1-2H3. The lowest BCUT2D eigenvalue weighted by Gasteiger charge is -2.26. The molecular formula is C16H22N2S. The molecule has 1 saturated carbocycles. The number of nitrogens with zero attached hydrogens (tertiary/aromatic N) is 1. The maximum Gasteiger partial charge on any atom is 0.100 e. The predicted molar refractivity (Wildman–Crippen MR) is 81.2 cm³/mol. The van der Waals surface area contributed by atoms with Crippen LogP contribution in [0.25, 0.3) is 0 Å². The molecule has 1 aromatic carbocycles. The Morgan fingerprint density at radius 1 is 1.42 bits per heavy atom. The highest BCUT2D eigenvalue weighted by atomic mass is 32.2. The highest BCUT2D eigenvalue weighted by Crippen LogP contribution is 2.37. The van der Waals surface area contributed by atoms with Crippen LogP contribution in [0.2, 0.25) is 0 Å². The molecule has 2 rings (SSSR count). The lowest BCUT2D eigenvalue weighted by atomic mass is 9.91. The van der Waals surface area contributed by atoms with E-state index in [2.05, 4.69) is 30.4 Å². The van der Waals surface area contributed by atoms with Crippen LogP contribution in [-0.4, -0.2) is 12.3 Å². The van der Waals surface area contributed by atoms with E-state index in [9.17, 15) is 5.26 Å². The Kier molecular flexibility index (Phi) is 5.30. The SMILES string of the molecule is CNCc1ccc(SC2CCCC(C)C2)c(C#N)c1. The molecule has 2 nitrogen and oxygen atoms in total. The highest BCUT2D eigenvalue weighted by Gasteiger charge is 2.20. The van der Waals surface area contributed by atoms with Crippen molar-refractivity contribution in [3.05, 3.63) is 29.3 Å². The zero-order chi connectivity index (χ0) is 13.7. The van der Waals surface area contributed by atoms with Crippen LogP contribution < -0.4 is 5.32 Å². The molecule has 0 amide bonds. The molecule has 0 aromatic heterocycles. The van der Waals surface area contributed by atoms with Crippen LogP contribution >= 0.6 is 11.8 Å². The van der Waals surface area contributed by atoms with Crippen LogP contribution in [0.15, 0.2) is 23.1 Å². The van der Waals surface area contributed by atoms with Gasteiger partial charge in [0.05, 0.1) is 5.56 Å². The fraction of sp³-hybridized carbons (Fsp3) is 0.562. The van der Waals surface area contributed by atoms with Crippen LogP contribution in [0.3, 0.4) is 0 Å². The van der Waals surface area contributed by atoms with Crippen molar-refractivity contribution in [3.63, 3.8) is 0 Å². The minimum atomic E-state index is 0.686. The highest BCUT2D eigenvalue weighted by molar-refractivity contribution is 8.00. The molecule has 1 aromatic rings. The van der Waals surface area contributed by atoms with Crippen molar-refractivity contribution >= 4 is 11.8 Å². The molecule has 1 aliphatic carbocycles. The summed E-state index contributed by atoms with van der Waals surface area (Å²) in [5, 5.41) is 13.1. The van der Waals surface area contributed by atoms with Crippen LogP contribution in [0, 0.1) is 17.2 Å². The van der Waals surface area contributed by atoms with E-state index >= 15 is 0 Å². The Morgan fingerprint density at radius 3 is 2.95 bits per heavy atom. The first-order valence-electron chi connectivity index (χ1n) is 7.07. The summed E-state index contributed by atoms with van der Waals surface area (Å²) in [4.78, 5) is 1.15. The monoisotopic (exact) mass is 274 g/mol. The lowest BCUT2D eigenvalue weighted by molar-refractivity contribution is 0.394. The third-order valence-corrected chi connectivity index (χ3v) is 5.10. The minimum Gasteiger partial charge on any atom is -0.316 e. The van der Waals surface area contributed by atoms with Gasteiger partial charge in [0.2, 0.25) is 0 Å². The van der Waals surface area contributed by atoms with Gasteiger partial charge in [-0.15, -0.1) is 11.8 Å². The summed E-state index contributed by atoms with van der Waals surface area (Å²) in [7, 11) is 1.93. The molecule has 0 saturated heterocycles. The number of benzene rings is 1. The zero-order valence-electron chi connectivity index (χ0n) is 11.8. The van der Waals surface area contributed by atoms with Crippen molar-refractivity contribution in [2.75, 3.05) is 7.05 Å². The maximum absolute atomic E-state index is 9.31. The quantitative estimate of drug-likeness (QED) is 0.903. The summed E-state index contributed by atoms with van der Waals surface area (Å²) in [6.45, 7) is 3.16. The Bertz CT molecular complexity index is 464. The molecule has 0 aliphatic heterocycles. The van der Waals surface area contributed by atoms with Crippen LogP contribution in [-0.2, 0) is 6.54 Å². The molecule has 102 valence electrons. The van der Waals surface area contributed by atoms with Gasteiger partial charge in [0, 0.05) is 16.7 Å². The van der Waals surface area contributed by atoms with E-state index in [1.807, 2.05) is 24.9 Å². The first kappa shape index (κ1) is 14.4. The smallest absolute Gasteiger partial charge is 0.100 e. The van der Waals surface area contributed by atoms with Crippen LogP contribution in [0.4, 0.5) is 0 Å². The van der Waals surface area contributed by atoms with E-state index in [-0.39, 0.29) is 0 Å². The fourth-order valence-electron chi connectivity index (χ4n) is 2.75. The van der Waals surface area contributed by atoms with Gasteiger partial charge in [-0.25, -0.2) is 0 Å². The topological polar surface area (TPSA) is 35.8 Å². The van der Waals surface area contributed by atoms with Gasteiger partial charge >= 0.3 is 0 Å². The summed E-state index contributed by atoms with van der Waals surface area (Å²) in [5.74, 6) is 0.834. The van der Waals surface area contributed by atoms with Crippen molar-refractivity contribution in [2.24, 2.45) is 5.92 Å². The molecule has 2 unspecified atom stereocenters. The molecule has 2 atom stereocenters. The fourth-order valence-corrected chi connectivity index (χ4v) is 4.19. The number of hydrogen-bond donors (Lipinski definition) is 1. The van der Waals surface area contributed by atoms with Gasteiger partial charge in [0.1, 0.15) is 6.07 Å². The number of rotatable bonds is 4. The van der Waals surface area contributed by atoms with E-state index in [0.717, 1.165) is 22.9 Å². The molecule has 1 N–H and O–H groups in total. The van der Waals surface area contributed by atoms with Gasteiger partial charge in [0.25, 0.3) is 0 Å². The first-order chi connectivity index (χ1) is 9.22. The summed E-state index contributed by atoms with van der Waals surface area (Å²) in [6, 6.07) is 8.62. The number of nitrogens with one attached hydrogen (secondary N) is 1. The Balaban J connectivity index is 2.09. The minimum absolute atomic E-state index is 0.686. The van der Waals surface area contributed by atoms with Crippen molar-refractivity contribution in [1.29, 1.82) is 5.26 Å². The molecule has 19 heavy (non-hydrogen) atoms. The Hall–Kier alpha value is -0.980. The molecule has 3 heteroatoms. The molecule has 0 heterocycles. The number of nitriles is 1. The van der Waals surface area contributed by atoms with Gasteiger partial charge in [-0.3, -0.25) is 0 Å². The van der Waals surface area contributed by atoms with Gasteiger partial charge in [-0.2, -0.15) is 5.26 Å². The average Bonchev–Trinajstić information content (AvgIpc) is 2.41. The van der Waals surface area contributed by atoms with E-state index in [0.29, 0.717) is 5.25 Å². The van der Waals surface area contributed by atoms with Gasteiger partial charge in [-0.05, 0) is 43.5 Å². The van der Waals surface area contributed by atoms with Gasteiger partial charge in [-0.1, -0.05) is 25.8 Å². The van der Waals surface area contributed by atoms with Crippen molar-refractivity contribution in [1.82, 2.24) is 5.32 Å². The lowest BCUT2D eigenvalue weighted by Crippen LogP contribution is -2.15. The Labute approximate surface area is 120 Å². The van der Waals surface area contributed by atoms with Crippen molar-refractivity contribution in [3.8, 4) is 6.07 Å². The molecular weight excluding hydrogens is 252 g/mol. The van der Waals surface area contributed by atoms with Crippen LogP contribution in [0.5, 0.6) is 0 Å². The van der Waals surface area contributed by atoms with E-state index in [1.54, 1.807) is 0 Å². The van der Waals surface area contributed by atoms with Gasteiger partial charge in [0.15, 0.2) is 0 Å². The van der Waals surface area contributed by atoms with E-state index in [4.69, 9.17) is 0 Å². The third kappa shape index (κ3) is 3.99. The number of hydrogen-bond acceptors (Lipinski definition) is 3. The van der Waals surface area contributed by atoms with Crippen molar-refractivity contribution < 1.29 is 0 Å². The van der Waals surface area contributed by atoms with Crippen LogP contribution in [0.1, 0.15) is 43.7 Å². The van der Waals surface area contributed by atoms with E-state index < -0.39 is 0 Å². The second kappa shape index (κ2) is 6.98. The molecule has 0 radical (unpaired) electrons. The molecule has 1 aliphatic rings. The number of thioether (sulfide) groups is 1. The zero-order valence-corrected chi connectivity index (χ0v) is 12.6. The molecule has 1 fully saturated rings. The average molecular weight is 274 g/mol. The normalized spacial score (nSPS) is 23.0. The summed E-state index contributed by atoms with van der Waals surface area (Å²) >= 11 is 1.90. The molecule has 0 bridgehead atoms. The maximum atomic E-state index is 9.31. The second-order valence-corrected chi connectivity index (χ2v) is 6.83. The first-order valence-corrected chi connectivity index (χ1v) is 7.95. The van der Waals surface area contributed by atoms with E-state index in [1.165, 1.54) is 31.2 Å². The summed E-state index contributed by atoms with van der Waals surface area (Å²) in [6.07, 6.45) is 5.27. The predicted octanol–water partition coefficient (Wildman–Crippen LogP) is 3.95. The summed E-state index contributed by atoms with van der Waals surface area (Å²) < 4.78 is 0. The summed E-state index contributed by atoms with van der Waals surface area (Å²) in [5.41, 5.74) is 2.01. The van der Waals surface area contributed by atoms with Crippen molar-refractivity contribution in [2.45, 2.75) is 49.3 Å². The largest absolute Gasteiger partial charge is 0.316 e. The third-order valence-electron chi connectivity index (χ3n) is 3.73.